The molecule has 3 aromatic rings. The highest BCUT2D eigenvalue weighted by atomic mass is 16.5. The molecule has 0 N–H and O–H groups in total. The number of para-hydroxylation sites is 1. The Balaban J connectivity index is 1.44. The zero-order valence-corrected chi connectivity index (χ0v) is 16.1. The smallest absolute Gasteiger partial charge is 0.328 e. The fourth-order valence-corrected chi connectivity index (χ4v) is 3.69. The lowest BCUT2D eigenvalue weighted by Gasteiger charge is -2.29. The van der Waals surface area contributed by atoms with Crippen LogP contribution in [0.3, 0.4) is 0 Å². The van der Waals surface area contributed by atoms with E-state index in [1.54, 1.807) is 24.0 Å². The van der Waals surface area contributed by atoms with Gasteiger partial charge in [-0.3, -0.25) is 14.4 Å². The molecule has 0 fully saturated rings. The van der Waals surface area contributed by atoms with Gasteiger partial charge < -0.3 is 9.64 Å². The van der Waals surface area contributed by atoms with Gasteiger partial charge in [-0.1, -0.05) is 36.4 Å². The Morgan fingerprint density at radius 2 is 1.79 bits per heavy atom. The summed E-state index contributed by atoms with van der Waals surface area (Å²) in [5.41, 5.74) is 2.26. The van der Waals surface area contributed by atoms with E-state index in [1.165, 1.54) is 0 Å². The van der Waals surface area contributed by atoms with Crippen molar-refractivity contribution in [2.24, 2.45) is 0 Å². The zero-order chi connectivity index (χ0) is 20.4. The van der Waals surface area contributed by atoms with Crippen LogP contribution in [0.5, 0.6) is 0 Å². The Morgan fingerprint density at radius 3 is 2.62 bits per heavy atom. The summed E-state index contributed by atoms with van der Waals surface area (Å²) in [6.45, 7) is 1.67. The molecular formula is C22H21N3O4. The average Bonchev–Trinajstić information content (AvgIpc) is 2.75. The quantitative estimate of drug-likeness (QED) is 0.637. The highest BCUT2D eigenvalue weighted by molar-refractivity contribution is 5.96. The summed E-state index contributed by atoms with van der Waals surface area (Å²) in [5.74, 6) is -0.951. The Labute approximate surface area is 167 Å². The van der Waals surface area contributed by atoms with Gasteiger partial charge in [0.05, 0.1) is 11.1 Å². The summed E-state index contributed by atoms with van der Waals surface area (Å²) >= 11 is 0. The van der Waals surface area contributed by atoms with Crippen LogP contribution in [-0.2, 0) is 27.3 Å². The molecule has 1 amide bonds. The molecular weight excluding hydrogens is 370 g/mol. The van der Waals surface area contributed by atoms with Crippen LogP contribution in [0.2, 0.25) is 0 Å². The van der Waals surface area contributed by atoms with Gasteiger partial charge in [0, 0.05) is 17.6 Å². The zero-order valence-electron chi connectivity index (χ0n) is 16.1. The largest absolute Gasteiger partial charge is 0.454 e. The fourth-order valence-electron chi connectivity index (χ4n) is 3.69. The fraction of sp³-hybridized carbons (Fsp3) is 0.273. The van der Waals surface area contributed by atoms with Crippen molar-refractivity contribution < 1.29 is 14.3 Å². The lowest BCUT2D eigenvalue weighted by atomic mass is 10.0. The molecule has 1 aromatic heterocycles. The third-order valence-corrected chi connectivity index (χ3v) is 5.10. The van der Waals surface area contributed by atoms with Crippen molar-refractivity contribution in [1.29, 1.82) is 0 Å². The average molecular weight is 391 g/mol. The van der Waals surface area contributed by atoms with Crippen LogP contribution in [0.15, 0.2) is 53.3 Å². The maximum atomic E-state index is 12.6. The van der Waals surface area contributed by atoms with Crippen LogP contribution in [-0.4, -0.2) is 34.8 Å². The van der Waals surface area contributed by atoms with Gasteiger partial charge in [-0.2, -0.15) is 5.10 Å². The number of aryl methyl sites for hydroxylation is 2. The molecule has 7 nitrogen and oxygen atoms in total. The van der Waals surface area contributed by atoms with Gasteiger partial charge in [-0.25, -0.2) is 4.68 Å². The minimum atomic E-state index is -0.673. The monoisotopic (exact) mass is 391 g/mol. The van der Waals surface area contributed by atoms with Crippen molar-refractivity contribution in [1.82, 2.24) is 9.78 Å². The van der Waals surface area contributed by atoms with E-state index in [9.17, 15) is 14.4 Å². The first-order chi connectivity index (χ1) is 14.0. The minimum absolute atomic E-state index is 0.277. The van der Waals surface area contributed by atoms with Crippen molar-refractivity contribution >= 4 is 28.3 Å². The molecule has 0 radical (unpaired) electrons. The van der Waals surface area contributed by atoms with Crippen molar-refractivity contribution in [3.05, 3.63) is 70.1 Å². The lowest BCUT2D eigenvalue weighted by Crippen LogP contribution is -2.39. The molecule has 2 aromatic carbocycles. The Hall–Kier alpha value is -3.48. The second-order valence-electron chi connectivity index (χ2n) is 7.03. The molecule has 2 heterocycles. The summed E-state index contributed by atoms with van der Waals surface area (Å²) in [6, 6.07) is 14.8. The molecule has 29 heavy (non-hydrogen) atoms. The summed E-state index contributed by atoms with van der Waals surface area (Å²) in [5, 5.41) is 5.44. The van der Waals surface area contributed by atoms with Crippen LogP contribution >= 0.6 is 0 Å². The summed E-state index contributed by atoms with van der Waals surface area (Å²) in [4.78, 5) is 39.0. The van der Waals surface area contributed by atoms with E-state index in [-0.39, 0.29) is 24.6 Å². The highest BCUT2D eigenvalue weighted by Gasteiger charge is 2.23. The van der Waals surface area contributed by atoms with Gasteiger partial charge in [-0.15, -0.1) is 0 Å². The molecule has 0 unspecified atom stereocenters. The third-order valence-electron chi connectivity index (χ3n) is 5.10. The van der Waals surface area contributed by atoms with E-state index < -0.39 is 5.97 Å². The second kappa shape index (κ2) is 7.87. The minimum Gasteiger partial charge on any atom is -0.454 e. The number of carbonyl (C=O) groups is 2. The molecule has 7 heteroatoms. The van der Waals surface area contributed by atoms with Crippen LogP contribution in [0.25, 0.3) is 10.8 Å². The van der Waals surface area contributed by atoms with Crippen LogP contribution in [0.1, 0.15) is 17.7 Å². The first kappa shape index (κ1) is 18.9. The normalized spacial score (nSPS) is 13.2. The summed E-state index contributed by atoms with van der Waals surface area (Å²) in [7, 11) is 0. The molecule has 148 valence electrons. The number of ether oxygens (including phenoxy) is 1. The Bertz CT molecular complexity index is 1150. The standard InChI is InChI=1S/C22H21N3O4/c1-15-17-9-3-4-10-18(17)22(28)25(23-15)13-21(27)29-14-20(26)24-12-6-8-16-7-2-5-11-19(16)24/h2-5,7,9-11H,6,8,12-14H2,1H3. The van der Waals surface area contributed by atoms with Crippen LogP contribution in [0, 0.1) is 6.92 Å². The van der Waals surface area contributed by atoms with E-state index in [4.69, 9.17) is 4.74 Å². The number of hydrogen-bond donors (Lipinski definition) is 0. The maximum Gasteiger partial charge on any atom is 0.328 e. The van der Waals surface area contributed by atoms with E-state index in [0.29, 0.717) is 17.6 Å². The number of amides is 1. The van der Waals surface area contributed by atoms with Crippen molar-refractivity contribution in [2.75, 3.05) is 18.1 Å². The number of hydrogen-bond acceptors (Lipinski definition) is 5. The molecule has 0 aliphatic carbocycles. The van der Waals surface area contributed by atoms with Crippen molar-refractivity contribution in [3.8, 4) is 0 Å². The van der Waals surface area contributed by atoms with E-state index in [0.717, 1.165) is 34.2 Å². The predicted molar refractivity (Wildman–Crippen MR) is 109 cm³/mol. The first-order valence-corrected chi connectivity index (χ1v) is 9.55. The van der Waals surface area contributed by atoms with Gasteiger partial charge in [0.1, 0.15) is 6.54 Å². The number of anilines is 1. The number of rotatable bonds is 4. The Kier molecular flexibility index (Phi) is 5.12. The van der Waals surface area contributed by atoms with Gasteiger partial charge >= 0.3 is 5.97 Å². The molecule has 0 spiro atoms. The van der Waals surface area contributed by atoms with Gasteiger partial charge in [-0.05, 0) is 37.5 Å². The van der Waals surface area contributed by atoms with Gasteiger partial charge in [0.25, 0.3) is 11.5 Å². The SMILES string of the molecule is Cc1nn(CC(=O)OCC(=O)N2CCCc3ccccc32)c(=O)c2ccccc12. The third kappa shape index (κ3) is 3.76. The van der Waals surface area contributed by atoms with E-state index >= 15 is 0 Å². The molecule has 1 aliphatic rings. The van der Waals surface area contributed by atoms with Gasteiger partial charge in [0.15, 0.2) is 6.61 Å². The van der Waals surface area contributed by atoms with Gasteiger partial charge in [0.2, 0.25) is 0 Å². The molecule has 0 bridgehead atoms. The first-order valence-electron chi connectivity index (χ1n) is 9.55. The molecule has 0 saturated heterocycles. The topological polar surface area (TPSA) is 81.5 Å². The Morgan fingerprint density at radius 1 is 1.07 bits per heavy atom. The molecule has 0 atom stereocenters. The molecule has 0 saturated carbocycles. The molecule has 4 rings (SSSR count). The second-order valence-corrected chi connectivity index (χ2v) is 7.03. The molecule has 1 aliphatic heterocycles. The number of carbonyl (C=O) groups excluding carboxylic acids is 2. The van der Waals surface area contributed by atoms with Crippen LogP contribution in [0.4, 0.5) is 5.69 Å². The maximum absolute atomic E-state index is 12.6. The van der Waals surface area contributed by atoms with Crippen molar-refractivity contribution in [2.45, 2.75) is 26.3 Å². The number of nitrogens with zero attached hydrogens (tertiary/aromatic N) is 3. The van der Waals surface area contributed by atoms with E-state index in [1.807, 2.05) is 36.4 Å². The van der Waals surface area contributed by atoms with Crippen molar-refractivity contribution in [3.63, 3.8) is 0 Å². The van der Waals surface area contributed by atoms with Crippen LogP contribution < -0.4 is 10.5 Å². The predicted octanol–water partition coefficient (Wildman–Crippen LogP) is 2.23. The number of aromatic nitrogens is 2. The number of fused-ring (bicyclic) bond motifs is 2. The van der Waals surface area contributed by atoms with E-state index in [2.05, 4.69) is 5.10 Å². The lowest BCUT2D eigenvalue weighted by molar-refractivity contribution is -0.148. The summed E-state index contributed by atoms with van der Waals surface area (Å²) in [6.07, 6.45) is 1.79. The highest BCUT2D eigenvalue weighted by Crippen LogP contribution is 2.26. The number of benzene rings is 2. The summed E-state index contributed by atoms with van der Waals surface area (Å²) < 4.78 is 6.24. The number of esters is 1.